The Kier molecular flexibility index (Phi) is 9.57. The van der Waals surface area contributed by atoms with Crippen LogP contribution >= 0.6 is 24.0 Å². The molecular formula is C16H31IN6O. The van der Waals surface area contributed by atoms with Crippen molar-refractivity contribution in [2.24, 2.45) is 12.0 Å². The monoisotopic (exact) mass is 450 g/mol. The lowest BCUT2D eigenvalue weighted by atomic mass is 9.84. The summed E-state index contributed by atoms with van der Waals surface area (Å²) in [6.07, 6.45) is 8.67. The van der Waals surface area contributed by atoms with Crippen molar-refractivity contribution in [3.63, 3.8) is 0 Å². The molecule has 1 saturated carbocycles. The Hall–Kier alpha value is -0.900. The molecule has 1 aliphatic carbocycles. The van der Waals surface area contributed by atoms with E-state index >= 15 is 0 Å². The molecule has 1 aliphatic rings. The molecular weight excluding hydrogens is 419 g/mol. The van der Waals surface area contributed by atoms with Gasteiger partial charge < -0.3 is 15.4 Å². The molecule has 1 fully saturated rings. The van der Waals surface area contributed by atoms with Gasteiger partial charge in [-0.25, -0.2) is 4.98 Å². The normalized spacial score (nSPS) is 17.2. The largest absolute Gasteiger partial charge is 0.373 e. The highest BCUT2D eigenvalue weighted by molar-refractivity contribution is 14.0. The van der Waals surface area contributed by atoms with Crippen LogP contribution in [0.2, 0.25) is 0 Å². The summed E-state index contributed by atoms with van der Waals surface area (Å²) in [5.74, 6) is 1.65. The highest BCUT2D eigenvalue weighted by atomic mass is 127. The van der Waals surface area contributed by atoms with Crippen molar-refractivity contribution in [3.05, 3.63) is 12.2 Å². The third-order valence-corrected chi connectivity index (χ3v) is 4.40. The van der Waals surface area contributed by atoms with Gasteiger partial charge in [-0.15, -0.1) is 24.0 Å². The van der Waals surface area contributed by atoms with Gasteiger partial charge in [-0.3, -0.25) is 9.67 Å². The maximum Gasteiger partial charge on any atom is 0.191 e. The van der Waals surface area contributed by atoms with Crippen LogP contribution in [0.25, 0.3) is 0 Å². The summed E-state index contributed by atoms with van der Waals surface area (Å²) in [6, 6.07) is 0. The van der Waals surface area contributed by atoms with Crippen molar-refractivity contribution < 1.29 is 4.74 Å². The number of hydrogen-bond acceptors (Lipinski definition) is 4. The van der Waals surface area contributed by atoms with Crippen LogP contribution in [-0.2, 0) is 18.3 Å². The fraction of sp³-hybridized carbons (Fsp3) is 0.812. The van der Waals surface area contributed by atoms with Gasteiger partial charge >= 0.3 is 0 Å². The van der Waals surface area contributed by atoms with Crippen LogP contribution in [0.5, 0.6) is 0 Å². The van der Waals surface area contributed by atoms with Crippen LogP contribution in [0, 0.1) is 0 Å². The average molecular weight is 450 g/mol. The summed E-state index contributed by atoms with van der Waals surface area (Å²) < 4.78 is 7.97. The smallest absolute Gasteiger partial charge is 0.191 e. The maximum absolute atomic E-state index is 6.21. The van der Waals surface area contributed by atoms with Gasteiger partial charge in [-0.05, 0) is 19.3 Å². The van der Waals surface area contributed by atoms with Gasteiger partial charge in [0, 0.05) is 27.2 Å². The third kappa shape index (κ3) is 6.19. The molecule has 1 aromatic rings. The molecule has 0 bridgehead atoms. The lowest BCUT2D eigenvalue weighted by Crippen LogP contribution is -2.49. The third-order valence-electron chi connectivity index (χ3n) is 4.40. The Morgan fingerprint density at radius 1 is 1.33 bits per heavy atom. The topological polar surface area (TPSA) is 76.4 Å². The van der Waals surface area contributed by atoms with Crippen molar-refractivity contribution >= 4 is 29.9 Å². The molecule has 0 aliphatic heterocycles. The van der Waals surface area contributed by atoms with Gasteiger partial charge in [0.2, 0.25) is 0 Å². The molecule has 8 heteroatoms. The van der Waals surface area contributed by atoms with Gasteiger partial charge in [0.1, 0.15) is 12.2 Å². The van der Waals surface area contributed by atoms with Crippen molar-refractivity contribution in [2.75, 3.05) is 20.2 Å². The van der Waals surface area contributed by atoms with E-state index in [0.717, 1.165) is 44.2 Å². The van der Waals surface area contributed by atoms with E-state index < -0.39 is 0 Å². The van der Waals surface area contributed by atoms with Crippen LogP contribution in [0.1, 0.15) is 51.3 Å². The van der Waals surface area contributed by atoms with Crippen molar-refractivity contribution in [2.45, 2.75) is 57.6 Å². The fourth-order valence-electron chi connectivity index (χ4n) is 3.00. The molecule has 0 spiro atoms. The summed E-state index contributed by atoms with van der Waals surface area (Å²) in [5.41, 5.74) is -0.0450. The minimum Gasteiger partial charge on any atom is -0.373 e. The van der Waals surface area contributed by atoms with E-state index in [1.54, 1.807) is 18.1 Å². The molecule has 0 aromatic carbocycles. The molecule has 0 radical (unpaired) electrons. The number of aryl methyl sites for hydroxylation is 1. The number of ether oxygens (including phenoxy) is 1. The van der Waals surface area contributed by atoms with Gasteiger partial charge in [0.25, 0.3) is 0 Å². The molecule has 0 atom stereocenters. The van der Waals surface area contributed by atoms with Crippen molar-refractivity contribution in [3.8, 4) is 0 Å². The van der Waals surface area contributed by atoms with E-state index in [1.165, 1.54) is 19.3 Å². The fourth-order valence-corrected chi connectivity index (χ4v) is 3.00. The molecule has 2 N–H and O–H groups in total. The number of nitrogens with one attached hydrogen (secondary N) is 2. The molecule has 138 valence electrons. The predicted molar refractivity (Wildman–Crippen MR) is 107 cm³/mol. The maximum atomic E-state index is 6.21. The Morgan fingerprint density at radius 3 is 2.67 bits per heavy atom. The average Bonchev–Trinajstić information content (AvgIpc) is 2.99. The molecule has 0 amide bonds. The van der Waals surface area contributed by atoms with Crippen LogP contribution in [0.4, 0.5) is 0 Å². The van der Waals surface area contributed by atoms with Gasteiger partial charge in [-0.2, -0.15) is 5.10 Å². The first kappa shape index (κ1) is 21.1. The molecule has 2 rings (SSSR count). The van der Waals surface area contributed by atoms with E-state index in [9.17, 15) is 0 Å². The van der Waals surface area contributed by atoms with Gasteiger partial charge in [0.05, 0.1) is 12.1 Å². The summed E-state index contributed by atoms with van der Waals surface area (Å²) in [6.45, 7) is 4.38. The lowest BCUT2D eigenvalue weighted by Gasteiger charge is -2.37. The van der Waals surface area contributed by atoms with Crippen LogP contribution < -0.4 is 10.6 Å². The highest BCUT2D eigenvalue weighted by Crippen LogP contribution is 2.31. The predicted octanol–water partition coefficient (Wildman–Crippen LogP) is 2.23. The Labute approximate surface area is 162 Å². The zero-order valence-electron chi connectivity index (χ0n) is 15.0. The van der Waals surface area contributed by atoms with Gasteiger partial charge in [0.15, 0.2) is 5.96 Å². The van der Waals surface area contributed by atoms with E-state index in [-0.39, 0.29) is 29.6 Å². The summed E-state index contributed by atoms with van der Waals surface area (Å²) in [4.78, 5) is 8.50. The van der Waals surface area contributed by atoms with Crippen LogP contribution in [0.3, 0.4) is 0 Å². The number of nitrogens with zero attached hydrogens (tertiary/aromatic N) is 4. The van der Waals surface area contributed by atoms with Crippen LogP contribution in [-0.4, -0.2) is 46.5 Å². The summed E-state index contributed by atoms with van der Waals surface area (Å²) >= 11 is 0. The minimum absolute atomic E-state index is 0. The molecule has 7 nitrogen and oxygen atoms in total. The standard InChI is InChI=1S/C16H30N6O.HI/c1-4-10-23-16(8-6-5-7-9-16)12-19-15(17-2)18-11-14-20-13-21-22(14)3;/h13H,4-12H2,1-3H3,(H2,17,18,19);1H. The Morgan fingerprint density at radius 2 is 2.08 bits per heavy atom. The molecule has 1 aromatic heterocycles. The highest BCUT2D eigenvalue weighted by Gasteiger charge is 2.32. The molecule has 0 unspecified atom stereocenters. The molecule has 1 heterocycles. The number of hydrogen-bond donors (Lipinski definition) is 2. The van der Waals surface area contributed by atoms with E-state index in [2.05, 4.69) is 32.6 Å². The number of aromatic nitrogens is 3. The Bertz CT molecular complexity index is 499. The second-order valence-electron chi connectivity index (χ2n) is 6.17. The number of guanidine groups is 1. The number of rotatable bonds is 7. The van der Waals surface area contributed by atoms with Crippen molar-refractivity contribution in [1.29, 1.82) is 0 Å². The quantitative estimate of drug-likeness (QED) is 0.379. The van der Waals surface area contributed by atoms with E-state index in [1.807, 2.05) is 7.05 Å². The summed E-state index contributed by atoms with van der Waals surface area (Å²) in [5, 5.41) is 10.8. The molecule has 0 saturated heterocycles. The first-order chi connectivity index (χ1) is 11.2. The lowest BCUT2D eigenvalue weighted by molar-refractivity contribution is -0.0657. The Balaban J connectivity index is 0.00000288. The first-order valence-corrected chi connectivity index (χ1v) is 8.60. The molecule has 24 heavy (non-hydrogen) atoms. The minimum atomic E-state index is -0.0450. The zero-order chi connectivity index (χ0) is 16.5. The van der Waals surface area contributed by atoms with E-state index in [0.29, 0.717) is 6.54 Å². The van der Waals surface area contributed by atoms with Gasteiger partial charge in [-0.1, -0.05) is 26.2 Å². The zero-order valence-corrected chi connectivity index (χ0v) is 17.4. The SMILES string of the molecule is CCCOC1(CNC(=NC)NCc2ncnn2C)CCCCC1.I. The number of halogens is 1. The second-order valence-corrected chi connectivity index (χ2v) is 6.17. The van der Waals surface area contributed by atoms with Crippen molar-refractivity contribution in [1.82, 2.24) is 25.4 Å². The second kappa shape index (κ2) is 10.9. The van der Waals surface area contributed by atoms with Crippen LogP contribution in [0.15, 0.2) is 11.3 Å². The number of aliphatic imine (C=N–C) groups is 1. The summed E-state index contributed by atoms with van der Waals surface area (Å²) in [7, 11) is 3.67. The van der Waals surface area contributed by atoms with E-state index in [4.69, 9.17) is 4.74 Å². The first-order valence-electron chi connectivity index (χ1n) is 8.60.